The number of benzene rings is 2. The van der Waals surface area contributed by atoms with E-state index in [4.69, 9.17) is 0 Å². The van der Waals surface area contributed by atoms with Crippen LogP contribution in [0.2, 0.25) is 0 Å². The van der Waals surface area contributed by atoms with E-state index in [1.54, 1.807) is 44.3 Å². The van der Waals surface area contributed by atoms with Gasteiger partial charge in [-0.25, -0.2) is 8.42 Å². The van der Waals surface area contributed by atoms with Crippen LogP contribution in [0.5, 0.6) is 0 Å². The molecule has 0 saturated heterocycles. The molecule has 1 aliphatic rings. The van der Waals surface area contributed by atoms with Gasteiger partial charge in [0.1, 0.15) is 0 Å². The van der Waals surface area contributed by atoms with E-state index in [9.17, 15) is 18.0 Å². The number of aromatic nitrogens is 1. The van der Waals surface area contributed by atoms with Crippen molar-refractivity contribution < 1.29 is 13.2 Å². The van der Waals surface area contributed by atoms with E-state index in [1.807, 2.05) is 0 Å². The number of likely N-dealkylation sites (N-methyl/N-ethyl adjacent to an activating group) is 1. The minimum atomic E-state index is -3.83. The zero-order valence-electron chi connectivity index (χ0n) is 14.7. The molecule has 0 fully saturated rings. The van der Waals surface area contributed by atoms with Gasteiger partial charge in [0.2, 0.25) is 5.91 Å². The first-order valence-electron chi connectivity index (χ1n) is 8.30. The number of anilines is 2. The van der Waals surface area contributed by atoms with Gasteiger partial charge in [0.15, 0.2) is 0 Å². The maximum Gasteiger partial charge on any atom is 0.261 e. The quantitative estimate of drug-likeness (QED) is 0.724. The van der Waals surface area contributed by atoms with E-state index in [-0.39, 0.29) is 22.8 Å². The minimum absolute atomic E-state index is 0.0683. The van der Waals surface area contributed by atoms with Gasteiger partial charge in [0.25, 0.3) is 15.6 Å². The Morgan fingerprint density at radius 3 is 2.63 bits per heavy atom. The number of aromatic amines is 1. The molecule has 1 aromatic heterocycles. The molecule has 7 nitrogen and oxygen atoms in total. The van der Waals surface area contributed by atoms with E-state index in [0.717, 1.165) is 11.1 Å². The average molecular weight is 383 g/mol. The summed E-state index contributed by atoms with van der Waals surface area (Å²) in [4.78, 5) is 27.9. The molecule has 138 valence electrons. The van der Waals surface area contributed by atoms with Crippen LogP contribution in [0.25, 0.3) is 10.9 Å². The second-order valence-electron chi connectivity index (χ2n) is 6.61. The highest BCUT2D eigenvalue weighted by molar-refractivity contribution is 7.92. The Labute approximate surface area is 155 Å². The second kappa shape index (κ2) is 5.95. The predicted molar refractivity (Wildman–Crippen MR) is 104 cm³/mol. The number of hydrogen-bond donors (Lipinski definition) is 2. The predicted octanol–water partition coefficient (Wildman–Crippen LogP) is 2.16. The minimum Gasteiger partial charge on any atom is -0.322 e. The van der Waals surface area contributed by atoms with Gasteiger partial charge >= 0.3 is 0 Å². The summed E-state index contributed by atoms with van der Waals surface area (Å²) in [6.45, 7) is 1.71. The largest absolute Gasteiger partial charge is 0.322 e. The molecule has 8 heteroatoms. The zero-order valence-corrected chi connectivity index (χ0v) is 15.6. The number of hydrogen-bond acceptors (Lipinski definition) is 4. The number of carbonyl (C=O) groups is 1. The maximum atomic E-state index is 12.7. The Morgan fingerprint density at radius 1 is 1.07 bits per heavy atom. The van der Waals surface area contributed by atoms with Crippen LogP contribution >= 0.6 is 0 Å². The summed E-state index contributed by atoms with van der Waals surface area (Å²) in [5, 5.41) is 0.814. The van der Waals surface area contributed by atoms with Crippen LogP contribution in [0.1, 0.15) is 11.1 Å². The molecule has 4 rings (SSSR count). The van der Waals surface area contributed by atoms with Crippen LogP contribution < -0.4 is 15.2 Å². The van der Waals surface area contributed by atoms with E-state index in [1.165, 1.54) is 17.0 Å². The molecule has 0 bridgehead atoms. The zero-order chi connectivity index (χ0) is 19.3. The Morgan fingerprint density at radius 2 is 1.85 bits per heavy atom. The van der Waals surface area contributed by atoms with Gasteiger partial charge in [0, 0.05) is 18.3 Å². The monoisotopic (exact) mass is 383 g/mol. The van der Waals surface area contributed by atoms with Gasteiger partial charge in [-0.05, 0) is 54.3 Å². The topological polar surface area (TPSA) is 99.3 Å². The molecule has 0 atom stereocenters. The fourth-order valence-electron chi connectivity index (χ4n) is 3.20. The number of fused-ring (bicyclic) bond motifs is 2. The summed E-state index contributed by atoms with van der Waals surface area (Å²) < 4.78 is 28.0. The Kier molecular flexibility index (Phi) is 3.81. The third-order valence-corrected chi connectivity index (χ3v) is 6.10. The summed E-state index contributed by atoms with van der Waals surface area (Å²) in [5.74, 6) is -0.0683. The summed E-state index contributed by atoms with van der Waals surface area (Å²) in [7, 11) is -2.16. The van der Waals surface area contributed by atoms with Crippen molar-refractivity contribution in [1.82, 2.24) is 4.98 Å². The van der Waals surface area contributed by atoms with E-state index < -0.39 is 10.0 Å². The molecular formula is C19H17N3O4S. The lowest BCUT2D eigenvalue weighted by Gasteiger charge is -2.12. The molecule has 3 aromatic rings. The number of amides is 1. The lowest BCUT2D eigenvalue weighted by atomic mass is 10.1. The molecule has 2 aromatic carbocycles. The molecule has 2 N–H and O–H groups in total. The van der Waals surface area contributed by atoms with Gasteiger partial charge < -0.3 is 9.88 Å². The van der Waals surface area contributed by atoms with Gasteiger partial charge in [-0.15, -0.1) is 0 Å². The number of nitrogens with one attached hydrogen (secondary N) is 2. The normalized spacial score (nSPS) is 13.9. The van der Waals surface area contributed by atoms with Crippen molar-refractivity contribution in [2.45, 2.75) is 18.2 Å². The smallest absolute Gasteiger partial charge is 0.261 e. The highest BCUT2D eigenvalue weighted by atomic mass is 32.2. The number of sulfonamides is 1. The summed E-state index contributed by atoms with van der Waals surface area (Å²) in [6, 6.07) is 11.3. The number of H-pyrrole nitrogens is 1. The first kappa shape index (κ1) is 17.3. The first-order valence-corrected chi connectivity index (χ1v) is 9.79. The van der Waals surface area contributed by atoms with Crippen LogP contribution in [-0.4, -0.2) is 26.4 Å². The van der Waals surface area contributed by atoms with Crippen LogP contribution in [0.4, 0.5) is 11.4 Å². The van der Waals surface area contributed by atoms with Crippen molar-refractivity contribution in [2.75, 3.05) is 16.7 Å². The second-order valence-corrected chi connectivity index (χ2v) is 8.29. The fraction of sp³-hybridized carbons (Fsp3) is 0.158. The number of rotatable bonds is 3. The highest BCUT2D eigenvalue weighted by Crippen LogP contribution is 2.30. The van der Waals surface area contributed by atoms with Gasteiger partial charge in [-0.3, -0.25) is 14.3 Å². The van der Waals surface area contributed by atoms with Crippen LogP contribution in [0.15, 0.2) is 52.2 Å². The SMILES string of the molecule is Cc1cc2ccc(NS(=O)(=O)c3ccc4c(c3)CC(=O)N4C)cc2[nH]c1=O. The standard InChI is InChI=1S/C19H17N3O4S/c1-11-7-12-3-4-14(10-16(12)20-19(11)24)21-27(25,26)15-5-6-17-13(8-15)9-18(23)22(17)2/h3-8,10,21H,9H2,1-2H3,(H,20,24). The molecule has 0 unspecified atom stereocenters. The van der Waals surface area contributed by atoms with Crippen molar-refractivity contribution in [2.24, 2.45) is 0 Å². The molecule has 0 radical (unpaired) electrons. The number of carbonyl (C=O) groups excluding carboxylic acids is 1. The third kappa shape index (κ3) is 2.97. The van der Waals surface area contributed by atoms with Crippen molar-refractivity contribution in [3.63, 3.8) is 0 Å². The number of pyridine rings is 1. The molecule has 0 aliphatic carbocycles. The maximum absolute atomic E-state index is 12.7. The van der Waals surface area contributed by atoms with Gasteiger partial charge in [-0.2, -0.15) is 0 Å². The van der Waals surface area contributed by atoms with E-state index in [2.05, 4.69) is 9.71 Å². The van der Waals surface area contributed by atoms with Crippen molar-refractivity contribution >= 4 is 38.2 Å². The van der Waals surface area contributed by atoms with E-state index >= 15 is 0 Å². The fourth-order valence-corrected chi connectivity index (χ4v) is 4.30. The van der Waals surface area contributed by atoms with Crippen LogP contribution in [0.3, 0.4) is 0 Å². The highest BCUT2D eigenvalue weighted by Gasteiger charge is 2.26. The Bertz CT molecular complexity index is 1260. The number of nitrogens with zero attached hydrogens (tertiary/aromatic N) is 1. The van der Waals surface area contributed by atoms with E-state index in [0.29, 0.717) is 22.3 Å². The Hall–Kier alpha value is -3.13. The molecule has 1 amide bonds. The van der Waals surface area contributed by atoms with Crippen LogP contribution in [0, 0.1) is 6.92 Å². The lowest BCUT2D eigenvalue weighted by molar-refractivity contribution is -0.117. The van der Waals surface area contributed by atoms with Crippen LogP contribution in [-0.2, 0) is 21.2 Å². The van der Waals surface area contributed by atoms with Crippen molar-refractivity contribution in [1.29, 1.82) is 0 Å². The first-order chi connectivity index (χ1) is 12.7. The molecule has 27 heavy (non-hydrogen) atoms. The lowest BCUT2D eigenvalue weighted by Crippen LogP contribution is -2.20. The Balaban J connectivity index is 1.69. The molecular weight excluding hydrogens is 366 g/mol. The summed E-state index contributed by atoms with van der Waals surface area (Å²) >= 11 is 0. The van der Waals surface area contributed by atoms with Gasteiger partial charge in [0.05, 0.1) is 22.5 Å². The van der Waals surface area contributed by atoms with Gasteiger partial charge in [-0.1, -0.05) is 6.07 Å². The number of aryl methyl sites for hydroxylation is 1. The van der Waals surface area contributed by atoms with Crippen molar-refractivity contribution in [3.8, 4) is 0 Å². The molecule has 0 saturated carbocycles. The summed E-state index contributed by atoms with van der Waals surface area (Å²) in [6.07, 6.45) is 0.186. The molecule has 0 spiro atoms. The molecule has 1 aliphatic heterocycles. The third-order valence-electron chi connectivity index (χ3n) is 4.72. The van der Waals surface area contributed by atoms with Crippen molar-refractivity contribution in [3.05, 3.63) is 63.9 Å². The average Bonchev–Trinajstić information content (AvgIpc) is 2.90. The molecule has 2 heterocycles. The summed E-state index contributed by atoms with van der Waals surface area (Å²) in [5.41, 5.74) is 2.67.